The Labute approximate surface area is 113 Å². The van der Waals surface area contributed by atoms with Crippen molar-refractivity contribution in [2.24, 2.45) is 0 Å². The van der Waals surface area contributed by atoms with Gasteiger partial charge in [-0.05, 0) is 12.1 Å². The molecular weight excluding hydrogens is 318 g/mol. The van der Waals surface area contributed by atoms with Crippen LogP contribution in [0.25, 0.3) is 0 Å². The van der Waals surface area contributed by atoms with E-state index < -0.39 is 20.2 Å². The molecule has 0 heterocycles. The van der Waals surface area contributed by atoms with Gasteiger partial charge in [0.15, 0.2) is 0 Å². The summed E-state index contributed by atoms with van der Waals surface area (Å²) < 4.78 is 29.2. The zero-order chi connectivity index (χ0) is 12.6. The molecule has 0 amide bonds. The topological polar surface area (TPSA) is 54.4 Å². The molecule has 90 valence electrons. The predicted octanol–water partition coefficient (Wildman–Crippen LogP) is 3.51. The van der Waals surface area contributed by atoms with E-state index in [1.165, 1.54) is 18.2 Å². The molecule has 0 spiro atoms. The van der Waals surface area contributed by atoms with Crippen molar-refractivity contribution in [1.82, 2.24) is 0 Å². The molecule has 0 bridgehead atoms. The van der Waals surface area contributed by atoms with Gasteiger partial charge in [0.05, 0.1) is 5.88 Å². The number of hydrogen-bond donors (Lipinski definition) is 1. The maximum absolute atomic E-state index is 11.2. The third kappa shape index (κ3) is 2.58. The van der Waals surface area contributed by atoms with Crippen molar-refractivity contribution in [3.8, 4) is 0 Å². The molecule has 0 fully saturated rings. The van der Waals surface area contributed by atoms with Crippen LogP contribution < -0.4 is 0 Å². The van der Waals surface area contributed by atoms with Crippen molar-refractivity contribution in [2.75, 3.05) is 5.88 Å². The highest BCUT2D eigenvalue weighted by Crippen LogP contribution is 2.40. The Balaban J connectivity index is 3.46. The molecule has 0 radical (unpaired) electrons. The maximum Gasteiger partial charge on any atom is 0.290 e. The van der Waals surface area contributed by atoms with Crippen LogP contribution in [-0.2, 0) is 14.3 Å². The first-order valence-corrected chi connectivity index (χ1v) is 7.00. The second-order valence-electron chi connectivity index (χ2n) is 2.96. The van der Waals surface area contributed by atoms with Crippen LogP contribution in [-0.4, -0.2) is 18.9 Å². The fraction of sp³-hybridized carbons (Fsp3) is 0.250. The van der Waals surface area contributed by atoms with Crippen molar-refractivity contribution < 1.29 is 13.0 Å². The summed E-state index contributed by atoms with van der Waals surface area (Å²) >= 11 is 22.7. The zero-order valence-electron chi connectivity index (χ0n) is 7.62. The average Bonchev–Trinajstić information content (AvgIpc) is 2.15. The smallest absolute Gasteiger partial charge is 0.284 e. The van der Waals surface area contributed by atoms with E-state index in [0.29, 0.717) is 5.02 Å². The molecule has 16 heavy (non-hydrogen) atoms. The molecule has 0 saturated carbocycles. The summed E-state index contributed by atoms with van der Waals surface area (Å²) in [4.78, 5) is 0. The Hall–Kier alpha value is 0.290. The molecule has 1 aromatic carbocycles. The number of benzene rings is 1. The first-order chi connectivity index (χ1) is 7.22. The summed E-state index contributed by atoms with van der Waals surface area (Å²) in [5.74, 6) is -0.547. The van der Waals surface area contributed by atoms with Crippen LogP contribution in [0, 0.1) is 0 Å². The summed E-state index contributed by atoms with van der Waals surface area (Å²) in [6, 6.07) is 4.01. The van der Waals surface area contributed by atoms with Gasteiger partial charge in [0.25, 0.3) is 10.1 Å². The third-order valence-corrected chi connectivity index (χ3v) is 5.26. The van der Waals surface area contributed by atoms with Crippen LogP contribution >= 0.6 is 46.4 Å². The van der Waals surface area contributed by atoms with Crippen molar-refractivity contribution in [1.29, 1.82) is 0 Å². The van der Waals surface area contributed by atoms with Gasteiger partial charge in [0.2, 0.25) is 4.21 Å². The number of halogens is 4. The first kappa shape index (κ1) is 14.4. The van der Waals surface area contributed by atoms with E-state index in [1.807, 2.05) is 0 Å². The summed E-state index contributed by atoms with van der Waals surface area (Å²) in [5.41, 5.74) is -0.0160. The summed E-state index contributed by atoms with van der Waals surface area (Å²) in [6.07, 6.45) is 0. The fourth-order valence-electron chi connectivity index (χ4n) is 1.07. The van der Waals surface area contributed by atoms with Crippen molar-refractivity contribution in [3.05, 3.63) is 33.8 Å². The normalized spacial score (nSPS) is 15.8. The SMILES string of the molecule is O=S(=O)(O)C(Cl)(CCl)c1ccc(Cl)cc1Cl. The van der Waals surface area contributed by atoms with E-state index in [1.54, 1.807) is 0 Å². The van der Waals surface area contributed by atoms with E-state index in [0.717, 1.165) is 0 Å². The lowest BCUT2D eigenvalue weighted by atomic mass is 10.1. The maximum atomic E-state index is 11.2. The molecule has 0 aromatic heterocycles. The standard InChI is InChI=1S/C8H6Cl4O3S/c9-4-8(12,16(13,14)15)6-2-1-5(10)3-7(6)11/h1-3H,4H2,(H,13,14,15). The minimum atomic E-state index is -4.60. The van der Waals surface area contributed by atoms with Gasteiger partial charge in [-0.25, -0.2) is 0 Å². The Kier molecular flexibility index (Phi) is 4.38. The second-order valence-corrected chi connectivity index (χ2v) is 6.59. The first-order valence-electron chi connectivity index (χ1n) is 3.90. The van der Waals surface area contributed by atoms with Crippen LogP contribution in [0.2, 0.25) is 10.0 Å². The van der Waals surface area contributed by atoms with Crippen LogP contribution in [0.3, 0.4) is 0 Å². The molecule has 1 atom stereocenters. The minimum absolute atomic E-state index is 0.0146. The van der Waals surface area contributed by atoms with Gasteiger partial charge in [0.1, 0.15) is 0 Å². The lowest BCUT2D eigenvalue weighted by Gasteiger charge is -2.22. The summed E-state index contributed by atoms with van der Waals surface area (Å²) in [5, 5.41) is 0.332. The van der Waals surface area contributed by atoms with E-state index >= 15 is 0 Å². The minimum Gasteiger partial charge on any atom is -0.284 e. The quantitative estimate of drug-likeness (QED) is 0.684. The zero-order valence-corrected chi connectivity index (χ0v) is 11.5. The second kappa shape index (κ2) is 4.88. The van der Waals surface area contributed by atoms with E-state index in [2.05, 4.69) is 0 Å². The average molecular weight is 324 g/mol. The molecule has 8 heteroatoms. The van der Waals surface area contributed by atoms with Crippen LogP contribution in [0.15, 0.2) is 18.2 Å². The summed E-state index contributed by atoms with van der Waals surface area (Å²) in [7, 11) is -4.60. The van der Waals surface area contributed by atoms with Gasteiger partial charge in [0, 0.05) is 15.6 Å². The fourth-order valence-corrected chi connectivity index (χ4v) is 3.06. The molecule has 1 aromatic rings. The van der Waals surface area contributed by atoms with Crippen LogP contribution in [0.5, 0.6) is 0 Å². The van der Waals surface area contributed by atoms with E-state index in [9.17, 15) is 8.42 Å². The number of hydrogen-bond acceptors (Lipinski definition) is 2. The van der Waals surface area contributed by atoms with Crippen LogP contribution in [0.4, 0.5) is 0 Å². The van der Waals surface area contributed by atoms with Gasteiger partial charge < -0.3 is 0 Å². The predicted molar refractivity (Wildman–Crippen MR) is 66.3 cm³/mol. The van der Waals surface area contributed by atoms with Crippen molar-refractivity contribution in [3.63, 3.8) is 0 Å². The Morgan fingerprint density at radius 1 is 1.31 bits per heavy atom. The lowest BCUT2D eigenvalue weighted by molar-refractivity contribution is 0.465. The van der Waals surface area contributed by atoms with Crippen molar-refractivity contribution >= 4 is 56.5 Å². The van der Waals surface area contributed by atoms with Crippen molar-refractivity contribution in [2.45, 2.75) is 4.21 Å². The van der Waals surface area contributed by atoms with E-state index in [4.69, 9.17) is 51.0 Å². The molecule has 0 aliphatic heterocycles. The molecule has 3 nitrogen and oxygen atoms in total. The molecule has 0 aliphatic rings. The van der Waals surface area contributed by atoms with Gasteiger partial charge in [-0.1, -0.05) is 40.9 Å². The highest BCUT2D eigenvalue weighted by Gasteiger charge is 2.43. The molecule has 0 aliphatic carbocycles. The van der Waals surface area contributed by atoms with Crippen LogP contribution in [0.1, 0.15) is 5.56 Å². The van der Waals surface area contributed by atoms with Gasteiger partial charge in [-0.15, -0.1) is 11.6 Å². The highest BCUT2D eigenvalue weighted by molar-refractivity contribution is 7.88. The number of rotatable bonds is 3. The molecule has 1 rings (SSSR count). The summed E-state index contributed by atoms with van der Waals surface area (Å²) in [6.45, 7) is 0. The largest absolute Gasteiger partial charge is 0.290 e. The number of alkyl halides is 2. The Bertz CT molecular complexity index is 502. The Morgan fingerprint density at radius 3 is 2.25 bits per heavy atom. The molecule has 0 saturated heterocycles. The molecule has 1 N–H and O–H groups in total. The lowest BCUT2D eigenvalue weighted by Crippen LogP contribution is -2.31. The highest BCUT2D eigenvalue weighted by atomic mass is 35.5. The van der Waals surface area contributed by atoms with Gasteiger partial charge in [-0.2, -0.15) is 8.42 Å². The van der Waals surface area contributed by atoms with Gasteiger partial charge in [-0.3, -0.25) is 4.55 Å². The Morgan fingerprint density at radius 2 is 1.88 bits per heavy atom. The van der Waals surface area contributed by atoms with E-state index in [-0.39, 0.29) is 10.6 Å². The third-order valence-electron chi connectivity index (χ3n) is 1.91. The molecular formula is C8H6Cl4O3S. The molecule has 1 unspecified atom stereocenters. The van der Waals surface area contributed by atoms with Gasteiger partial charge >= 0.3 is 0 Å². The monoisotopic (exact) mass is 322 g/mol.